The lowest BCUT2D eigenvalue weighted by atomic mass is 10.1. The Kier molecular flexibility index (Phi) is 4.61. The number of aromatic nitrogens is 2. The molecular weight excluding hydrogens is 316 g/mol. The third-order valence-corrected chi connectivity index (χ3v) is 5.43. The molecule has 6 nitrogen and oxygen atoms in total. The number of anilines is 2. The molecule has 2 aromatic heterocycles. The summed E-state index contributed by atoms with van der Waals surface area (Å²) in [6, 6.07) is 6.67. The zero-order valence-electron chi connectivity index (χ0n) is 14.8. The standard InChI is InChI=1S/C19H26N4O2/c1-2-15-7-8-17(25-15)16-6-4-10-23(16)19-11-18(20-13-21-19)22-9-3-5-14(22)12-24/h7-8,11,13-14,16,24H,2-6,9-10,12H2,1H3. The van der Waals surface area contributed by atoms with E-state index in [4.69, 9.17) is 4.42 Å². The van der Waals surface area contributed by atoms with E-state index >= 15 is 0 Å². The zero-order chi connectivity index (χ0) is 17.2. The maximum atomic E-state index is 9.59. The van der Waals surface area contributed by atoms with Gasteiger partial charge in [-0.3, -0.25) is 0 Å². The van der Waals surface area contributed by atoms with Crippen molar-refractivity contribution in [2.75, 3.05) is 29.5 Å². The highest BCUT2D eigenvalue weighted by molar-refractivity contribution is 5.53. The monoisotopic (exact) mass is 342 g/mol. The molecule has 6 heteroatoms. The van der Waals surface area contributed by atoms with Gasteiger partial charge in [0, 0.05) is 25.6 Å². The number of nitrogens with zero attached hydrogens (tertiary/aromatic N) is 4. The van der Waals surface area contributed by atoms with E-state index in [1.165, 1.54) is 0 Å². The Bertz CT molecular complexity index is 717. The highest BCUT2D eigenvalue weighted by atomic mass is 16.3. The van der Waals surface area contributed by atoms with Crippen LogP contribution in [0.1, 0.15) is 50.2 Å². The second-order valence-corrected chi connectivity index (χ2v) is 6.92. The van der Waals surface area contributed by atoms with Crippen LogP contribution in [-0.2, 0) is 6.42 Å². The zero-order valence-corrected chi connectivity index (χ0v) is 14.8. The normalized spacial score (nSPS) is 23.6. The highest BCUT2D eigenvalue weighted by Gasteiger charge is 2.31. The predicted molar refractivity (Wildman–Crippen MR) is 96.9 cm³/mol. The average Bonchev–Trinajstić information content (AvgIpc) is 3.40. The summed E-state index contributed by atoms with van der Waals surface area (Å²) in [4.78, 5) is 13.5. The molecule has 0 bridgehead atoms. The number of rotatable bonds is 5. The second-order valence-electron chi connectivity index (χ2n) is 6.92. The minimum atomic E-state index is 0.175. The van der Waals surface area contributed by atoms with Gasteiger partial charge < -0.3 is 19.3 Å². The Labute approximate surface area is 148 Å². The molecule has 0 radical (unpaired) electrons. The molecule has 25 heavy (non-hydrogen) atoms. The van der Waals surface area contributed by atoms with Crippen molar-refractivity contribution in [3.8, 4) is 0 Å². The van der Waals surface area contributed by atoms with Gasteiger partial charge in [0.2, 0.25) is 0 Å². The van der Waals surface area contributed by atoms with Gasteiger partial charge in [-0.15, -0.1) is 0 Å². The molecule has 2 fully saturated rings. The summed E-state index contributed by atoms with van der Waals surface area (Å²) in [5.74, 6) is 3.93. The number of aryl methyl sites for hydroxylation is 1. The number of furan rings is 1. The Morgan fingerprint density at radius 2 is 1.88 bits per heavy atom. The lowest BCUT2D eigenvalue weighted by Crippen LogP contribution is -2.33. The fourth-order valence-electron chi connectivity index (χ4n) is 4.08. The lowest BCUT2D eigenvalue weighted by molar-refractivity contribution is 0.266. The summed E-state index contributed by atoms with van der Waals surface area (Å²) >= 11 is 0. The Morgan fingerprint density at radius 3 is 2.64 bits per heavy atom. The first kappa shape index (κ1) is 16.4. The van der Waals surface area contributed by atoms with E-state index in [-0.39, 0.29) is 18.7 Å². The van der Waals surface area contributed by atoms with E-state index in [1.54, 1.807) is 6.33 Å². The molecule has 0 spiro atoms. The highest BCUT2D eigenvalue weighted by Crippen LogP contribution is 2.37. The van der Waals surface area contributed by atoms with Crippen molar-refractivity contribution < 1.29 is 9.52 Å². The lowest BCUT2D eigenvalue weighted by Gasteiger charge is -2.27. The fraction of sp³-hybridized carbons (Fsp3) is 0.579. The van der Waals surface area contributed by atoms with Crippen LogP contribution in [0, 0.1) is 0 Å². The summed E-state index contributed by atoms with van der Waals surface area (Å²) in [7, 11) is 0. The molecule has 2 aliphatic heterocycles. The van der Waals surface area contributed by atoms with Crippen LogP contribution in [0.4, 0.5) is 11.6 Å². The van der Waals surface area contributed by atoms with Gasteiger partial charge in [0.15, 0.2) is 0 Å². The first-order valence-corrected chi connectivity index (χ1v) is 9.35. The van der Waals surface area contributed by atoms with Crippen LogP contribution in [0.3, 0.4) is 0 Å². The van der Waals surface area contributed by atoms with E-state index < -0.39 is 0 Å². The number of hydrogen-bond donors (Lipinski definition) is 1. The quantitative estimate of drug-likeness (QED) is 0.901. The molecule has 4 rings (SSSR count). The molecule has 2 aliphatic rings. The van der Waals surface area contributed by atoms with E-state index in [1.807, 2.05) is 0 Å². The summed E-state index contributed by atoms with van der Waals surface area (Å²) in [5, 5.41) is 9.59. The predicted octanol–water partition coefficient (Wildman–Crippen LogP) is 2.93. The Morgan fingerprint density at radius 1 is 1.12 bits per heavy atom. The third kappa shape index (κ3) is 3.11. The molecule has 0 aromatic carbocycles. The van der Waals surface area contributed by atoms with Gasteiger partial charge >= 0.3 is 0 Å². The van der Waals surface area contributed by atoms with Crippen LogP contribution in [-0.4, -0.2) is 40.8 Å². The maximum absolute atomic E-state index is 9.59. The van der Waals surface area contributed by atoms with Gasteiger partial charge in [0.25, 0.3) is 0 Å². The van der Waals surface area contributed by atoms with Crippen molar-refractivity contribution in [2.45, 2.75) is 51.1 Å². The smallest absolute Gasteiger partial charge is 0.134 e. The molecule has 2 atom stereocenters. The summed E-state index contributed by atoms with van der Waals surface area (Å²) in [5.41, 5.74) is 0. The molecule has 0 saturated carbocycles. The van der Waals surface area contributed by atoms with Crippen LogP contribution >= 0.6 is 0 Å². The van der Waals surface area contributed by atoms with Crippen molar-refractivity contribution in [1.82, 2.24) is 9.97 Å². The molecular formula is C19H26N4O2. The number of aliphatic hydroxyl groups is 1. The van der Waals surface area contributed by atoms with E-state index in [9.17, 15) is 5.11 Å². The summed E-state index contributed by atoms with van der Waals surface area (Å²) in [6.45, 7) is 4.22. The van der Waals surface area contributed by atoms with Gasteiger partial charge in [-0.2, -0.15) is 0 Å². The average molecular weight is 342 g/mol. The topological polar surface area (TPSA) is 65.6 Å². The number of aliphatic hydroxyl groups excluding tert-OH is 1. The van der Waals surface area contributed by atoms with Crippen molar-refractivity contribution in [2.24, 2.45) is 0 Å². The minimum Gasteiger partial charge on any atom is -0.464 e. The second kappa shape index (κ2) is 7.04. The van der Waals surface area contributed by atoms with Gasteiger partial charge in [0.1, 0.15) is 29.5 Å². The fourth-order valence-corrected chi connectivity index (χ4v) is 4.08. The summed E-state index contributed by atoms with van der Waals surface area (Å²) in [6.07, 6.45) is 6.90. The Hall–Kier alpha value is -2.08. The summed E-state index contributed by atoms with van der Waals surface area (Å²) < 4.78 is 6.00. The Balaban J connectivity index is 1.59. The SMILES string of the molecule is CCc1ccc(C2CCCN2c2cc(N3CCCC3CO)ncn2)o1. The molecule has 2 unspecified atom stereocenters. The van der Waals surface area contributed by atoms with E-state index in [2.05, 4.69) is 44.9 Å². The van der Waals surface area contributed by atoms with Gasteiger partial charge in [0.05, 0.1) is 18.7 Å². The van der Waals surface area contributed by atoms with Gasteiger partial charge in [-0.1, -0.05) is 6.92 Å². The van der Waals surface area contributed by atoms with E-state index in [0.717, 1.165) is 68.3 Å². The van der Waals surface area contributed by atoms with Crippen LogP contribution in [0.15, 0.2) is 28.9 Å². The van der Waals surface area contributed by atoms with Crippen LogP contribution < -0.4 is 9.80 Å². The van der Waals surface area contributed by atoms with E-state index in [0.29, 0.717) is 0 Å². The molecule has 0 amide bonds. The molecule has 2 aromatic rings. The van der Waals surface area contributed by atoms with Crippen molar-refractivity contribution in [1.29, 1.82) is 0 Å². The minimum absolute atomic E-state index is 0.175. The van der Waals surface area contributed by atoms with Gasteiger partial charge in [-0.25, -0.2) is 9.97 Å². The van der Waals surface area contributed by atoms with Crippen molar-refractivity contribution in [3.63, 3.8) is 0 Å². The molecule has 2 saturated heterocycles. The van der Waals surface area contributed by atoms with Gasteiger partial charge in [-0.05, 0) is 37.8 Å². The van der Waals surface area contributed by atoms with Crippen LogP contribution in [0.25, 0.3) is 0 Å². The molecule has 0 aliphatic carbocycles. The molecule has 134 valence electrons. The first-order chi connectivity index (χ1) is 12.3. The molecule has 1 N–H and O–H groups in total. The maximum Gasteiger partial charge on any atom is 0.134 e. The van der Waals surface area contributed by atoms with Crippen LogP contribution in [0.2, 0.25) is 0 Å². The van der Waals surface area contributed by atoms with Crippen molar-refractivity contribution in [3.05, 3.63) is 36.0 Å². The van der Waals surface area contributed by atoms with Crippen molar-refractivity contribution >= 4 is 11.6 Å². The number of hydrogen-bond acceptors (Lipinski definition) is 6. The van der Waals surface area contributed by atoms with Crippen LogP contribution in [0.5, 0.6) is 0 Å². The largest absolute Gasteiger partial charge is 0.464 e. The molecule has 4 heterocycles. The third-order valence-electron chi connectivity index (χ3n) is 5.43. The first-order valence-electron chi connectivity index (χ1n) is 9.35.